The molecule has 0 unspecified atom stereocenters. The van der Waals surface area contributed by atoms with Crippen molar-refractivity contribution in [3.8, 4) is 0 Å². The van der Waals surface area contributed by atoms with Gasteiger partial charge in [-0.1, -0.05) is 29.3 Å². The van der Waals surface area contributed by atoms with E-state index in [9.17, 15) is 13.2 Å². The van der Waals surface area contributed by atoms with Crippen LogP contribution in [0.5, 0.6) is 0 Å². The van der Waals surface area contributed by atoms with Gasteiger partial charge in [-0.3, -0.25) is 0 Å². The summed E-state index contributed by atoms with van der Waals surface area (Å²) in [6.07, 6.45) is -4.51. The van der Waals surface area contributed by atoms with Crippen molar-refractivity contribution in [3.63, 3.8) is 0 Å². The van der Waals surface area contributed by atoms with E-state index >= 15 is 0 Å². The van der Waals surface area contributed by atoms with Gasteiger partial charge < -0.3 is 0 Å². The summed E-state index contributed by atoms with van der Waals surface area (Å²) in [6.45, 7) is 1.88. The highest BCUT2D eigenvalue weighted by atomic mass is 35.5. The predicted molar refractivity (Wildman–Crippen MR) is 57.5 cm³/mol. The molecular weight excluding hydrogens is 247 g/mol. The lowest BCUT2D eigenvalue weighted by atomic mass is 10.2. The van der Waals surface area contributed by atoms with Crippen LogP contribution in [-0.2, 0) is 11.1 Å². The Morgan fingerprint density at radius 3 is 2.27 bits per heavy atom. The molecule has 0 amide bonds. The van der Waals surface area contributed by atoms with Gasteiger partial charge in [0.15, 0.2) is 4.32 Å². The maximum atomic E-state index is 12.0. The number of benzene rings is 1. The summed E-state index contributed by atoms with van der Waals surface area (Å²) in [4.78, 5) is 0. The molecule has 0 aliphatic rings. The topological polar surface area (TPSA) is 12.4 Å². The Balaban J connectivity index is 2.95. The standard InChI is InChI=1S/C9H7ClF3NS/c1-6-2-4-7(5-3-6)14-15-8(10)9(11,12)13/h2-5H,1H3. The van der Waals surface area contributed by atoms with Crippen LogP contribution in [-0.4, -0.2) is 10.5 Å². The van der Waals surface area contributed by atoms with Crippen LogP contribution in [0.2, 0.25) is 0 Å². The van der Waals surface area contributed by atoms with Crippen molar-refractivity contribution in [2.75, 3.05) is 0 Å². The quantitative estimate of drug-likeness (QED) is 0.533. The molecule has 1 aromatic carbocycles. The number of aryl methyl sites for hydroxylation is 1. The van der Waals surface area contributed by atoms with Gasteiger partial charge in [-0.15, -0.1) is 0 Å². The molecule has 0 aromatic heterocycles. The molecule has 15 heavy (non-hydrogen) atoms. The van der Waals surface area contributed by atoms with Crippen molar-refractivity contribution in [2.24, 2.45) is 4.36 Å². The molecule has 0 heterocycles. The van der Waals surface area contributed by atoms with Crippen LogP contribution >= 0.6 is 11.6 Å². The average molecular weight is 254 g/mol. The van der Waals surface area contributed by atoms with Gasteiger partial charge in [-0.05, 0) is 30.2 Å². The van der Waals surface area contributed by atoms with E-state index in [2.05, 4.69) is 4.36 Å². The molecule has 6 heteroatoms. The number of halogens is 4. The Morgan fingerprint density at radius 2 is 1.80 bits per heavy atom. The predicted octanol–water partition coefficient (Wildman–Crippen LogP) is 3.82. The van der Waals surface area contributed by atoms with E-state index < -0.39 is 10.5 Å². The van der Waals surface area contributed by atoms with E-state index in [1.54, 1.807) is 24.3 Å². The molecule has 0 saturated carbocycles. The highest BCUT2D eigenvalue weighted by molar-refractivity contribution is 7.72. The summed E-state index contributed by atoms with van der Waals surface area (Å²) in [6, 6.07) is 6.79. The normalized spacial score (nSPS) is 11.0. The molecule has 0 atom stereocenters. The van der Waals surface area contributed by atoms with Crippen LogP contribution in [0.15, 0.2) is 28.6 Å². The fourth-order valence-electron chi connectivity index (χ4n) is 0.750. The highest BCUT2D eigenvalue weighted by Gasteiger charge is 2.33. The maximum Gasteiger partial charge on any atom is 0.437 e. The Bertz CT molecular complexity index is 404. The number of alkyl halides is 3. The van der Waals surface area contributed by atoms with Gasteiger partial charge in [0, 0.05) is 0 Å². The zero-order valence-corrected chi connectivity index (χ0v) is 9.25. The molecule has 0 bridgehead atoms. The summed E-state index contributed by atoms with van der Waals surface area (Å²) in [5.41, 5.74) is 1.47. The van der Waals surface area contributed by atoms with Crippen LogP contribution in [0.4, 0.5) is 18.9 Å². The van der Waals surface area contributed by atoms with Gasteiger partial charge in [0.1, 0.15) is 0 Å². The van der Waals surface area contributed by atoms with E-state index in [0.29, 0.717) is 5.69 Å². The van der Waals surface area contributed by atoms with Crippen LogP contribution < -0.4 is 0 Å². The Kier molecular flexibility index (Phi) is 3.93. The van der Waals surface area contributed by atoms with Crippen LogP contribution in [0.25, 0.3) is 0 Å². The molecule has 0 saturated heterocycles. The summed E-state index contributed by atoms with van der Waals surface area (Å²) >= 11 is 5.22. The minimum Gasteiger partial charge on any atom is -0.192 e. The van der Waals surface area contributed by atoms with Crippen molar-refractivity contribution in [1.82, 2.24) is 0 Å². The third-order valence-electron chi connectivity index (χ3n) is 1.49. The molecule has 0 spiro atoms. The lowest BCUT2D eigenvalue weighted by Gasteiger charge is -1.98. The molecule has 0 radical (unpaired) electrons. The van der Waals surface area contributed by atoms with Crippen molar-refractivity contribution in [1.29, 1.82) is 0 Å². The number of hydrogen-bond acceptors (Lipinski definition) is 1. The van der Waals surface area contributed by atoms with Crippen molar-refractivity contribution in [2.45, 2.75) is 13.1 Å². The largest absolute Gasteiger partial charge is 0.437 e. The first-order chi connectivity index (χ1) is 6.89. The first-order valence-electron chi connectivity index (χ1n) is 3.94. The second kappa shape index (κ2) is 4.81. The SMILES string of the molecule is Cc1ccc(N=S=C(Cl)C(F)(F)F)cc1. The minimum absolute atomic E-state index is 0.224. The Labute approximate surface area is 93.6 Å². The number of hydrogen-bond donors (Lipinski definition) is 0. The van der Waals surface area contributed by atoms with E-state index in [-0.39, 0.29) is 11.1 Å². The summed E-state index contributed by atoms with van der Waals surface area (Å²) in [5.74, 6) is 0. The second-order valence-electron chi connectivity index (χ2n) is 2.79. The van der Waals surface area contributed by atoms with Gasteiger partial charge >= 0.3 is 6.18 Å². The van der Waals surface area contributed by atoms with E-state index in [4.69, 9.17) is 11.6 Å². The maximum absolute atomic E-state index is 12.0. The van der Waals surface area contributed by atoms with Crippen molar-refractivity contribution >= 4 is 32.8 Å². The summed E-state index contributed by atoms with van der Waals surface area (Å²) in [7, 11) is 0. The zero-order chi connectivity index (χ0) is 11.5. The van der Waals surface area contributed by atoms with Crippen LogP contribution in [0.3, 0.4) is 0 Å². The molecule has 0 aliphatic carbocycles. The molecule has 0 fully saturated rings. The fraction of sp³-hybridized carbons (Fsp3) is 0.222. The van der Waals surface area contributed by atoms with E-state index in [0.717, 1.165) is 5.56 Å². The highest BCUT2D eigenvalue weighted by Crippen LogP contribution is 2.19. The van der Waals surface area contributed by atoms with Gasteiger partial charge in [-0.2, -0.15) is 17.5 Å². The first kappa shape index (κ1) is 12.3. The third-order valence-corrected chi connectivity index (χ3v) is 2.60. The molecule has 0 aliphatic heterocycles. The fourth-order valence-corrected chi connectivity index (χ4v) is 1.26. The molecular formula is C9H7ClF3NS. The minimum atomic E-state index is -4.51. The van der Waals surface area contributed by atoms with E-state index in [1.165, 1.54) is 0 Å². The first-order valence-corrected chi connectivity index (χ1v) is 5.09. The Hall–Kier alpha value is -0.810. The second-order valence-corrected chi connectivity index (χ2v) is 4.17. The summed E-state index contributed by atoms with van der Waals surface area (Å²) in [5, 5.41) is 0. The van der Waals surface area contributed by atoms with Gasteiger partial charge in [0.05, 0.1) is 5.69 Å². The Morgan fingerprint density at radius 1 is 1.27 bits per heavy atom. The van der Waals surface area contributed by atoms with Gasteiger partial charge in [0.2, 0.25) is 0 Å². The monoisotopic (exact) mass is 253 g/mol. The average Bonchev–Trinajstić information content (AvgIpc) is 2.15. The van der Waals surface area contributed by atoms with Crippen molar-refractivity contribution in [3.05, 3.63) is 29.8 Å². The van der Waals surface area contributed by atoms with Crippen LogP contribution in [0.1, 0.15) is 5.56 Å². The molecule has 0 N–H and O–H groups in total. The molecule has 1 nitrogen and oxygen atoms in total. The molecule has 1 rings (SSSR count). The number of nitrogens with zero attached hydrogens (tertiary/aromatic N) is 1. The van der Waals surface area contributed by atoms with Crippen LogP contribution in [0, 0.1) is 6.92 Å². The van der Waals surface area contributed by atoms with Gasteiger partial charge in [-0.25, -0.2) is 0 Å². The molecule has 82 valence electrons. The number of rotatable bonds is 1. The zero-order valence-electron chi connectivity index (χ0n) is 7.68. The lowest BCUT2D eigenvalue weighted by Crippen LogP contribution is -2.16. The molecule has 1 aromatic rings. The summed E-state index contributed by atoms with van der Waals surface area (Å²) < 4.78 is 38.3. The van der Waals surface area contributed by atoms with Gasteiger partial charge in [0.25, 0.3) is 0 Å². The van der Waals surface area contributed by atoms with E-state index in [1.807, 2.05) is 6.92 Å². The smallest absolute Gasteiger partial charge is 0.192 e. The van der Waals surface area contributed by atoms with Crippen molar-refractivity contribution < 1.29 is 13.2 Å². The lowest BCUT2D eigenvalue weighted by molar-refractivity contribution is -0.0536. The third kappa shape index (κ3) is 4.05.